The Morgan fingerprint density at radius 3 is 1.16 bits per heavy atom. The van der Waals surface area contributed by atoms with Crippen molar-refractivity contribution in [1.82, 2.24) is 0 Å². The van der Waals surface area contributed by atoms with Crippen LogP contribution in [0.15, 0.2) is 130 Å². The van der Waals surface area contributed by atoms with Crippen LogP contribution >= 0.6 is 0 Å². The zero-order valence-corrected chi connectivity index (χ0v) is 36.7. The molecule has 8 nitrogen and oxygen atoms in total. The molecule has 0 radical (unpaired) electrons. The molecule has 2 unspecified atom stereocenters. The maximum absolute atomic E-state index is 13.0. The van der Waals surface area contributed by atoms with E-state index in [1.54, 1.807) is 13.8 Å². The topological polar surface area (TPSA) is 121 Å². The lowest BCUT2D eigenvalue weighted by atomic mass is 9.71. The summed E-state index contributed by atoms with van der Waals surface area (Å²) >= 11 is 0. The number of ether oxygens (including phenoxy) is 2. The summed E-state index contributed by atoms with van der Waals surface area (Å²) in [7, 11) is 0. The minimum Gasteiger partial charge on any atom is -0.454 e. The lowest BCUT2D eigenvalue weighted by molar-refractivity contribution is -0.156. The molecule has 58 heavy (non-hydrogen) atoms. The van der Waals surface area contributed by atoms with Gasteiger partial charge in [-0.1, -0.05) is 135 Å². The molecule has 0 saturated carbocycles. The molecule has 0 saturated heterocycles. The zero-order valence-electron chi connectivity index (χ0n) is 36.7. The number of hydrogen-bond acceptors (Lipinski definition) is 8. The summed E-state index contributed by atoms with van der Waals surface area (Å²) in [6.07, 6.45) is 27.3. The number of rotatable bonds is 18. The average molecular weight is 793 g/mol. The van der Waals surface area contributed by atoms with Gasteiger partial charge in [0.2, 0.25) is 0 Å². The van der Waals surface area contributed by atoms with Crippen molar-refractivity contribution in [3.63, 3.8) is 0 Å². The minimum absolute atomic E-state index is 0.0195. The number of allylic oxidation sites excluding steroid dienone is 20. The van der Waals surface area contributed by atoms with Crippen molar-refractivity contribution < 1.29 is 38.2 Å². The SMILES string of the molecule is CC(=O)CCC(=O)OC1CC(C)(C)C(/C=C/C(C)=C/C=C/C(C)=C/C=C/C=C(C)/C=C/C=C(C)/C=C/C2=C(C)C(=O)C(OC(=O)CCC(C)=O)CC2(C)C)=C(C)C1=O. The molecule has 0 aromatic rings. The highest BCUT2D eigenvalue weighted by molar-refractivity contribution is 6.02. The highest BCUT2D eigenvalue weighted by Crippen LogP contribution is 2.42. The van der Waals surface area contributed by atoms with E-state index in [-0.39, 0.29) is 59.6 Å². The maximum atomic E-state index is 13.0. The van der Waals surface area contributed by atoms with E-state index in [1.807, 2.05) is 140 Å². The third-order valence-electron chi connectivity index (χ3n) is 10.2. The lowest BCUT2D eigenvalue weighted by Gasteiger charge is -2.36. The molecule has 312 valence electrons. The van der Waals surface area contributed by atoms with Crippen molar-refractivity contribution in [3.8, 4) is 0 Å². The van der Waals surface area contributed by atoms with Crippen molar-refractivity contribution in [2.45, 2.75) is 134 Å². The fourth-order valence-electron chi connectivity index (χ4n) is 6.75. The van der Waals surface area contributed by atoms with Crippen LogP contribution in [-0.4, -0.2) is 47.3 Å². The van der Waals surface area contributed by atoms with Crippen LogP contribution < -0.4 is 0 Å². The van der Waals surface area contributed by atoms with Crippen LogP contribution in [0.5, 0.6) is 0 Å². The van der Waals surface area contributed by atoms with E-state index in [0.29, 0.717) is 24.0 Å². The largest absolute Gasteiger partial charge is 0.454 e. The van der Waals surface area contributed by atoms with Crippen LogP contribution in [0.3, 0.4) is 0 Å². The molecule has 2 rings (SSSR count). The highest BCUT2D eigenvalue weighted by atomic mass is 16.6. The van der Waals surface area contributed by atoms with Crippen LogP contribution in [-0.2, 0) is 38.2 Å². The van der Waals surface area contributed by atoms with Gasteiger partial charge in [-0.15, -0.1) is 0 Å². The molecule has 0 aromatic carbocycles. The zero-order chi connectivity index (χ0) is 43.8. The van der Waals surface area contributed by atoms with E-state index in [4.69, 9.17) is 9.47 Å². The number of carbonyl (C=O) groups is 6. The Bertz CT molecular complexity index is 1810. The fourth-order valence-corrected chi connectivity index (χ4v) is 6.75. The van der Waals surface area contributed by atoms with E-state index < -0.39 is 24.1 Å². The van der Waals surface area contributed by atoms with E-state index in [0.717, 1.165) is 33.4 Å². The first-order valence-electron chi connectivity index (χ1n) is 20.0. The van der Waals surface area contributed by atoms with Crippen LogP contribution in [0.2, 0.25) is 0 Å². The van der Waals surface area contributed by atoms with Gasteiger partial charge in [0, 0.05) is 25.7 Å². The van der Waals surface area contributed by atoms with Crippen molar-refractivity contribution >= 4 is 35.1 Å². The molecule has 0 amide bonds. The van der Waals surface area contributed by atoms with Crippen molar-refractivity contribution in [2.75, 3.05) is 0 Å². The molecule has 8 heteroatoms. The quantitative estimate of drug-likeness (QED) is 0.0993. The predicted octanol–water partition coefficient (Wildman–Crippen LogP) is 10.7. The molecule has 0 aliphatic heterocycles. The second-order valence-electron chi connectivity index (χ2n) is 16.8. The molecule has 0 N–H and O–H groups in total. The van der Waals surface area contributed by atoms with E-state index in [1.165, 1.54) is 13.8 Å². The summed E-state index contributed by atoms with van der Waals surface area (Å²) in [6.45, 7) is 22.6. The third kappa shape index (κ3) is 16.3. The average Bonchev–Trinajstić information content (AvgIpc) is 3.12. The summed E-state index contributed by atoms with van der Waals surface area (Å²) in [5.74, 6) is -1.62. The monoisotopic (exact) mass is 792 g/mol. The Morgan fingerprint density at radius 2 is 0.828 bits per heavy atom. The van der Waals surface area contributed by atoms with Gasteiger partial charge in [-0.3, -0.25) is 19.2 Å². The van der Waals surface area contributed by atoms with Gasteiger partial charge in [-0.25, -0.2) is 0 Å². The van der Waals surface area contributed by atoms with E-state index in [2.05, 4.69) is 0 Å². The Balaban J connectivity index is 1.97. The molecule has 0 spiro atoms. The Labute approximate surface area is 346 Å². The Hall–Kier alpha value is -5.24. The van der Waals surface area contributed by atoms with Gasteiger partial charge in [-0.05, 0) is 88.5 Å². The fraction of sp³-hybridized carbons (Fsp3) is 0.440. The number of Topliss-reactive ketones (excluding diaryl/α,β-unsaturated/α-hetero) is 4. The summed E-state index contributed by atoms with van der Waals surface area (Å²) in [5, 5.41) is 0. The molecule has 0 heterocycles. The van der Waals surface area contributed by atoms with Crippen molar-refractivity contribution in [2.24, 2.45) is 10.8 Å². The predicted molar refractivity (Wildman–Crippen MR) is 233 cm³/mol. The van der Waals surface area contributed by atoms with E-state index >= 15 is 0 Å². The minimum atomic E-state index is -0.839. The van der Waals surface area contributed by atoms with Crippen LogP contribution in [0.25, 0.3) is 0 Å². The maximum Gasteiger partial charge on any atom is 0.306 e. The molecular weight excluding hydrogens is 729 g/mol. The number of ketones is 4. The van der Waals surface area contributed by atoms with Crippen LogP contribution in [0, 0.1) is 10.8 Å². The Kier molecular flexibility index (Phi) is 19.1. The Morgan fingerprint density at radius 1 is 0.517 bits per heavy atom. The molecule has 2 atom stereocenters. The van der Waals surface area contributed by atoms with Gasteiger partial charge in [0.25, 0.3) is 0 Å². The molecule has 0 bridgehead atoms. The van der Waals surface area contributed by atoms with Crippen LogP contribution in [0.4, 0.5) is 0 Å². The smallest absolute Gasteiger partial charge is 0.306 e. The lowest BCUT2D eigenvalue weighted by Crippen LogP contribution is -2.39. The second-order valence-corrected chi connectivity index (χ2v) is 16.8. The number of carbonyl (C=O) groups excluding carboxylic acids is 6. The third-order valence-corrected chi connectivity index (χ3v) is 10.2. The molecular formula is C50H64O8. The second kappa shape index (κ2) is 22.6. The summed E-state index contributed by atoms with van der Waals surface area (Å²) in [4.78, 5) is 72.9. The molecule has 2 aliphatic rings. The normalized spacial score (nSPS) is 21.1. The van der Waals surface area contributed by atoms with Gasteiger partial charge >= 0.3 is 11.9 Å². The number of hydrogen-bond donors (Lipinski definition) is 0. The van der Waals surface area contributed by atoms with Gasteiger partial charge in [0.05, 0.1) is 12.8 Å². The molecule has 0 fully saturated rings. The number of esters is 2. The highest BCUT2D eigenvalue weighted by Gasteiger charge is 2.41. The first-order chi connectivity index (χ1) is 27.0. The van der Waals surface area contributed by atoms with Gasteiger partial charge in [-0.2, -0.15) is 0 Å². The van der Waals surface area contributed by atoms with Gasteiger partial charge in [0.1, 0.15) is 11.6 Å². The van der Waals surface area contributed by atoms with Crippen molar-refractivity contribution in [1.29, 1.82) is 0 Å². The first kappa shape index (κ1) is 48.9. The summed E-state index contributed by atoms with van der Waals surface area (Å²) in [6, 6.07) is 0. The van der Waals surface area contributed by atoms with Crippen molar-refractivity contribution in [3.05, 3.63) is 130 Å². The summed E-state index contributed by atoms with van der Waals surface area (Å²) in [5.41, 5.74) is 6.43. The first-order valence-corrected chi connectivity index (χ1v) is 20.0. The summed E-state index contributed by atoms with van der Waals surface area (Å²) < 4.78 is 10.9. The van der Waals surface area contributed by atoms with Gasteiger partial charge in [0.15, 0.2) is 23.8 Å². The molecule has 2 aliphatic carbocycles. The van der Waals surface area contributed by atoms with E-state index in [9.17, 15) is 28.8 Å². The van der Waals surface area contributed by atoms with Crippen LogP contribution in [0.1, 0.15) is 122 Å². The molecule has 0 aromatic heterocycles. The standard InChI is InChI=1S/C50H64O8/c1-33(19-15-21-35(3)23-27-41-39(7)47(55)43(31-49(41,9)10)57-45(53)29-25-37(5)51)17-13-14-18-34(2)20-16-22-36(4)24-28-42-40(8)48(56)44(32-50(42,11)12)58-46(54)30-26-38(6)52/h13-24,27-28,43-44H,25-26,29-32H2,1-12H3/b14-13+,19-15+,20-16+,27-23+,28-24+,33-17+,34-18+,35-21+,36-22+. The van der Waals surface area contributed by atoms with Gasteiger partial charge < -0.3 is 19.1 Å².